The highest BCUT2D eigenvalue weighted by atomic mass is 16.6. The first-order chi connectivity index (χ1) is 16.2. The summed E-state index contributed by atoms with van der Waals surface area (Å²) in [5.74, 6) is 1.09. The number of non-ortho nitro benzene ring substituents is 1. The van der Waals surface area contributed by atoms with Crippen LogP contribution >= 0.6 is 0 Å². The van der Waals surface area contributed by atoms with Crippen molar-refractivity contribution in [3.05, 3.63) is 101 Å². The van der Waals surface area contributed by atoms with Crippen LogP contribution < -0.4 is 4.74 Å². The minimum atomic E-state index is -0.462. The highest BCUT2D eigenvalue weighted by Crippen LogP contribution is 2.37. The Hall–Kier alpha value is -4.79. The second kappa shape index (κ2) is 8.75. The van der Waals surface area contributed by atoms with E-state index in [1.54, 1.807) is 12.1 Å². The van der Waals surface area contributed by atoms with E-state index in [-0.39, 0.29) is 24.1 Å². The highest BCUT2D eigenvalue weighted by Gasteiger charge is 2.19. The molecule has 2 aromatic heterocycles. The van der Waals surface area contributed by atoms with Crippen LogP contribution in [0.3, 0.4) is 0 Å². The van der Waals surface area contributed by atoms with Crippen LogP contribution in [0.25, 0.3) is 34.0 Å². The van der Waals surface area contributed by atoms with Crippen molar-refractivity contribution in [2.75, 3.05) is 0 Å². The highest BCUT2D eigenvalue weighted by molar-refractivity contribution is 5.77. The Labute approximate surface area is 187 Å². The van der Waals surface area contributed by atoms with Crippen LogP contribution in [-0.4, -0.2) is 25.3 Å². The standard InChI is InChI=1S/C24H17N5O4/c30-29(31)19-13-11-18(12-14-19)24-28-25-20(33-24)15-32-23-21(16-7-3-1-4-8-16)26-27-22(23)17-9-5-2-6-10-17/h1-14H,15H2,(H,26,27). The third-order valence-electron chi connectivity index (χ3n) is 4.96. The number of ether oxygens (including phenoxy) is 1. The second-order valence-corrected chi connectivity index (χ2v) is 7.10. The topological polar surface area (TPSA) is 120 Å². The van der Waals surface area contributed by atoms with Gasteiger partial charge in [0.1, 0.15) is 11.4 Å². The van der Waals surface area contributed by atoms with E-state index in [0.29, 0.717) is 17.0 Å². The van der Waals surface area contributed by atoms with Gasteiger partial charge >= 0.3 is 0 Å². The average Bonchev–Trinajstić information content (AvgIpc) is 3.51. The minimum absolute atomic E-state index is 0.0105. The van der Waals surface area contributed by atoms with E-state index in [9.17, 15) is 10.1 Å². The van der Waals surface area contributed by atoms with Crippen molar-refractivity contribution in [3.8, 4) is 39.7 Å². The van der Waals surface area contributed by atoms with Gasteiger partial charge < -0.3 is 9.15 Å². The van der Waals surface area contributed by atoms with Crippen LogP contribution in [0.4, 0.5) is 5.69 Å². The molecule has 33 heavy (non-hydrogen) atoms. The van der Waals surface area contributed by atoms with E-state index >= 15 is 0 Å². The quantitative estimate of drug-likeness (QED) is 0.270. The van der Waals surface area contributed by atoms with Crippen molar-refractivity contribution >= 4 is 5.69 Å². The van der Waals surface area contributed by atoms with Gasteiger partial charge in [0.25, 0.3) is 11.6 Å². The van der Waals surface area contributed by atoms with Gasteiger partial charge in [0, 0.05) is 28.8 Å². The van der Waals surface area contributed by atoms with Gasteiger partial charge in [-0.25, -0.2) is 0 Å². The Balaban J connectivity index is 1.42. The smallest absolute Gasteiger partial charge is 0.269 e. The third kappa shape index (κ3) is 4.19. The number of nitrogens with zero attached hydrogens (tertiary/aromatic N) is 4. The molecule has 5 aromatic rings. The summed E-state index contributed by atoms with van der Waals surface area (Å²) in [5, 5.41) is 26.5. The fraction of sp³-hybridized carbons (Fsp3) is 0.0417. The summed E-state index contributed by atoms with van der Waals surface area (Å²) >= 11 is 0. The Bertz CT molecular complexity index is 1320. The van der Waals surface area contributed by atoms with E-state index < -0.39 is 4.92 Å². The lowest BCUT2D eigenvalue weighted by Gasteiger charge is -2.07. The lowest BCUT2D eigenvalue weighted by Crippen LogP contribution is -1.97. The predicted octanol–water partition coefficient (Wildman–Crippen LogP) is 5.28. The summed E-state index contributed by atoms with van der Waals surface area (Å²) in [5.41, 5.74) is 3.82. The number of H-pyrrole nitrogens is 1. The number of nitro groups is 1. The van der Waals surface area contributed by atoms with E-state index in [1.165, 1.54) is 12.1 Å². The first-order valence-electron chi connectivity index (χ1n) is 10.1. The summed E-state index contributed by atoms with van der Waals surface area (Å²) in [4.78, 5) is 10.4. The molecule has 5 rings (SSSR count). The number of nitro benzene ring substituents is 1. The SMILES string of the molecule is O=[N+]([O-])c1ccc(-c2nnc(COc3c(-c4ccccc4)n[nH]c3-c3ccccc3)o2)cc1. The number of hydrogen-bond acceptors (Lipinski definition) is 7. The zero-order valence-corrected chi connectivity index (χ0v) is 17.2. The maximum Gasteiger partial charge on any atom is 0.269 e. The lowest BCUT2D eigenvalue weighted by molar-refractivity contribution is -0.384. The van der Waals surface area contributed by atoms with Gasteiger partial charge in [-0.2, -0.15) is 5.10 Å². The molecule has 1 N–H and O–H groups in total. The first kappa shape index (κ1) is 20.1. The van der Waals surface area contributed by atoms with Crippen molar-refractivity contribution in [2.24, 2.45) is 0 Å². The Morgan fingerprint density at radius 1 is 0.848 bits per heavy atom. The molecule has 0 bridgehead atoms. The summed E-state index contributed by atoms with van der Waals surface area (Å²) in [6.07, 6.45) is 0. The number of rotatable bonds is 7. The molecule has 0 aliphatic rings. The van der Waals surface area contributed by atoms with Gasteiger partial charge in [0.15, 0.2) is 12.4 Å². The zero-order valence-electron chi connectivity index (χ0n) is 17.2. The largest absolute Gasteiger partial charge is 0.479 e. The Morgan fingerprint density at radius 3 is 2.18 bits per heavy atom. The fourth-order valence-electron chi connectivity index (χ4n) is 3.35. The van der Waals surface area contributed by atoms with Gasteiger partial charge in [0.2, 0.25) is 5.89 Å². The molecule has 0 saturated heterocycles. The number of aromatic nitrogens is 4. The molecule has 9 heteroatoms. The van der Waals surface area contributed by atoms with Crippen LogP contribution in [-0.2, 0) is 6.61 Å². The van der Waals surface area contributed by atoms with Crippen LogP contribution in [0.1, 0.15) is 5.89 Å². The molecule has 0 amide bonds. The van der Waals surface area contributed by atoms with Gasteiger partial charge in [-0.1, -0.05) is 60.7 Å². The van der Waals surface area contributed by atoms with E-state index in [2.05, 4.69) is 20.4 Å². The van der Waals surface area contributed by atoms with Crippen molar-refractivity contribution in [1.82, 2.24) is 20.4 Å². The van der Waals surface area contributed by atoms with E-state index in [0.717, 1.165) is 16.8 Å². The van der Waals surface area contributed by atoms with Crippen molar-refractivity contribution in [2.45, 2.75) is 6.61 Å². The maximum absolute atomic E-state index is 10.8. The number of nitrogens with one attached hydrogen (secondary N) is 1. The molecule has 0 spiro atoms. The molecule has 3 aromatic carbocycles. The number of benzene rings is 3. The monoisotopic (exact) mass is 439 g/mol. The normalized spacial score (nSPS) is 10.8. The van der Waals surface area contributed by atoms with Gasteiger partial charge in [-0.15, -0.1) is 10.2 Å². The third-order valence-corrected chi connectivity index (χ3v) is 4.96. The number of hydrogen-bond donors (Lipinski definition) is 1. The van der Waals surface area contributed by atoms with Crippen LogP contribution in [0.2, 0.25) is 0 Å². The molecule has 0 aliphatic heterocycles. The Morgan fingerprint density at radius 2 is 1.52 bits per heavy atom. The molecule has 9 nitrogen and oxygen atoms in total. The van der Waals surface area contributed by atoms with Gasteiger partial charge in [0.05, 0.1) is 4.92 Å². The van der Waals surface area contributed by atoms with Crippen molar-refractivity contribution in [3.63, 3.8) is 0 Å². The second-order valence-electron chi connectivity index (χ2n) is 7.10. The fourth-order valence-corrected chi connectivity index (χ4v) is 3.35. The summed E-state index contributed by atoms with van der Waals surface area (Å²) in [7, 11) is 0. The van der Waals surface area contributed by atoms with Crippen molar-refractivity contribution < 1.29 is 14.1 Å². The van der Waals surface area contributed by atoms with Crippen LogP contribution in [0, 0.1) is 10.1 Å². The van der Waals surface area contributed by atoms with Gasteiger partial charge in [-0.3, -0.25) is 15.2 Å². The zero-order chi connectivity index (χ0) is 22.6. The van der Waals surface area contributed by atoms with Crippen LogP contribution in [0.5, 0.6) is 5.75 Å². The van der Waals surface area contributed by atoms with E-state index in [1.807, 2.05) is 60.7 Å². The molecule has 0 atom stereocenters. The molecule has 162 valence electrons. The number of aromatic amines is 1. The molecule has 0 unspecified atom stereocenters. The molecule has 0 aliphatic carbocycles. The predicted molar refractivity (Wildman–Crippen MR) is 120 cm³/mol. The summed E-state index contributed by atoms with van der Waals surface area (Å²) < 4.78 is 11.8. The first-order valence-corrected chi connectivity index (χ1v) is 10.1. The van der Waals surface area contributed by atoms with Gasteiger partial charge in [-0.05, 0) is 12.1 Å². The maximum atomic E-state index is 10.8. The summed E-state index contributed by atoms with van der Waals surface area (Å²) in [6, 6.07) is 25.4. The van der Waals surface area contributed by atoms with Crippen LogP contribution in [0.15, 0.2) is 89.3 Å². The molecule has 2 heterocycles. The Kier molecular flexibility index (Phi) is 5.34. The molecule has 0 fully saturated rings. The molecular weight excluding hydrogens is 422 g/mol. The van der Waals surface area contributed by atoms with E-state index in [4.69, 9.17) is 9.15 Å². The lowest BCUT2D eigenvalue weighted by atomic mass is 10.1. The van der Waals surface area contributed by atoms with Crippen molar-refractivity contribution in [1.29, 1.82) is 0 Å². The summed E-state index contributed by atoms with van der Waals surface area (Å²) in [6.45, 7) is 0.0270. The minimum Gasteiger partial charge on any atom is -0.479 e. The molecule has 0 radical (unpaired) electrons. The molecular formula is C24H17N5O4. The average molecular weight is 439 g/mol. The molecule has 0 saturated carbocycles.